The van der Waals surface area contributed by atoms with Crippen molar-refractivity contribution in [1.29, 1.82) is 0 Å². The fourth-order valence-electron chi connectivity index (χ4n) is 3.14. The molecule has 0 aliphatic carbocycles. The van der Waals surface area contributed by atoms with Crippen LogP contribution in [0, 0.1) is 0 Å². The summed E-state index contributed by atoms with van der Waals surface area (Å²) in [6, 6.07) is 16.7. The first-order chi connectivity index (χ1) is 11.7. The van der Waals surface area contributed by atoms with E-state index >= 15 is 0 Å². The fourth-order valence-corrected chi connectivity index (χ4v) is 3.14. The number of benzene rings is 2. The normalized spacial score (nSPS) is 11.3. The molecule has 1 heterocycles. The number of hydrogen-bond donors (Lipinski definition) is 0. The predicted molar refractivity (Wildman–Crippen MR) is 99.8 cm³/mol. The minimum Gasteiger partial charge on any atom is -0.493 e. The van der Waals surface area contributed by atoms with Gasteiger partial charge in [-0.15, -0.1) is 0 Å². The van der Waals surface area contributed by atoms with Gasteiger partial charge in [0.25, 0.3) is 0 Å². The average Bonchev–Trinajstić information content (AvgIpc) is 2.97. The largest absolute Gasteiger partial charge is 0.493 e. The Morgan fingerprint density at radius 2 is 1.79 bits per heavy atom. The van der Waals surface area contributed by atoms with Crippen LogP contribution < -0.4 is 4.74 Å². The Bertz CT molecular complexity index is 804. The number of rotatable bonds is 7. The highest BCUT2D eigenvalue weighted by atomic mass is 16.5. The fraction of sp³-hybridized carbons (Fsp3) is 0.381. The lowest BCUT2D eigenvalue weighted by Crippen LogP contribution is -2.08. The van der Waals surface area contributed by atoms with Crippen LogP contribution in [-0.2, 0) is 13.0 Å². The minimum atomic E-state index is 0.477. The van der Waals surface area contributed by atoms with E-state index in [9.17, 15) is 0 Å². The summed E-state index contributed by atoms with van der Waals surface area (Å²) in [5, 5.41) is 0. The van der Waals surface area contributed by atoms with Crippen molar-refractivity contribution >= 4 is 11.0 Å². The standard InChI is InChI=1S/C21H26N2O/c1-4-21-22-18-11-6-7-12-19(18)23(21)14-9-15-24-20-13-8-5-10-17(20)16(2)3/h5-8,10-13,16H,4,9,14-15H2,1-3H3. The van der Waals surface area contributed by atoms with Crippen molar-refractivity contribution in [3.63, 3.8) is 0 Å². The van der Waals surface area contributed by atoms with E-state index in [-0.39, 0.29) is 0 Å². The summed E-state index contributed by atoms with van der Waals surface area (Å²) in [6.07, 6.45) is 1.92. The molecular weight excluding hydrogens is 296 g/mol. The lowest BCUT2D eigenvalue weighted by molar-refractivity contribution is 0.298. The van der Waals surface area contributed by atoms with Gasteiger partial charge in [-0.3, -0.25) is 0 Å². The Hall–Kier alpha value is -2.29. The van der Waals surface area contributed by atoms with Gasteiger partial charge in [0.2, 0.25) is 0 Å². The first kappa shape index (κ1) is 16.6. The maximum Gasteiger partial charge on any atom is 0.122 e. The lowest BCUT2D eigenvalue weighted by atomic mass is 10.0. The molecule has 3 heteroatoms. The number of aromatic nitrogens is 2. The molecule has 0 atom stereocenters. The first-order valence-corrected chi connectivity index (χ1v) is 8.86. The van der Waals surface area contributed by atoms with Crippen LogP contribution >= 0.6 is 0 Å². The number of nitrogens with zero attached hydrogens (tertiary/aromatic N) is 2. The Morgan fingerprint density at radius 1 is 1.04 bits per heavy atom. The van der Waals surface area contributed by atoms with Crippen LogP contribution in [0.25, 0.3) is 11.0 Å². The predicted octanol–water partition coefficient (Wildman–Crippen LogP) is 5.19. The van der Waals surface area contributed by atoms with Gasteiger partial charge >= 0.3 is 0 Å². The van der Waals surface area contributed by atoms with Crippen LogP contribution in [-0.4, -0.2) is 16.2 Å². The molecule has 0 aliphatic rings. The molecule has 3 rings (SSSR count). The number of fused-ring (bicyclic) bond motifs is 1. The van der Waals surface area contributed by atoms with Gasteiger partial charge in [0, 0.05) is 13.0 Å². The monoisotopic (exact) mass is 322 g/mol. The third-order valence-electron chi connectivity index (χ3n) is 4.37. The molecule has 0 saturated carbocycles. The molecule has 0 aliphatic heterocycles. The smallest absolute Gasteiger partial charge is 0.122 e. The van der Waals surface area contributed by atoms with E-state index in [1.54, 1.807) is 0 Å². The molecule has 0 amide bonds. The molecule has 0 N–H and O–H groups in total. The average molecular weight is 322 g/mol. The molecule has 1 aromatic heterocycles. The van der Waals surface area contributed by atoms with Crippen molar-refractivity contribution in [1.82, 2.24) is 9.55 Å². The van der Waals surface area contributed by atoms with Gasteiger partial charge in [-0.05, 0) is 36.1 Å². The summed E-state index contributed by atoms with van der Waals surface area (Å²) < 4.78 is 8.38. The van der Waals surface area contributed by atoms with Crippen LogP contribution in [0.1, 0.15) is 44.5 Å². The molecule has 24 heavy (non-hydrogen) atoms. The zero-order valence-corrected chi connectivity index (χ0v) is 14.8. The number of para-hydroxylation sites is 3. The van der Waals surface area contributed by atoms with Gasteiger partial charge < -0.3 is 9.30 Å². The molecule has 0 radical (unpaired) electrons. The van der Waals surface area contributed by atoms with Gasteiger partial charge in [-0.1, -0.05) is 51.1 Å². The van der Waals surface area contributed by atoms with E-state index in [0.717, 1.165) is 43.1 Å². The minimum absolute atomic E-state index is 0.477. The zero-order chi connectivity index (χ0) is 16.9. The number of imidazole rings is 1. The number of aryl methyl sites for hydroxylation is 2. The van der Waals surface area contributed by atoms with E-state index in [0.29, 0.717) is 5.92 Å². The highest BCUT2D eigenvalue weighted by molar-refractivity contribution is 5.75. The van der Waals surface area contributed by atoms with Crippen LogP contribution in [0.3, 0.4) is 0 Å². The molecule has 126 valence electrons. The third-order valence-corrected chi connectivity index (χ3v) is 4.37. The summed E-state index contributed by atoms with van der Waals surface area (Å²) >= 11 is 0. The lowest BCUT2D eigenvalue weighted by Gasteiger charge is -2.14. The molecule has 0 fully saturated rings. The maximum atomic E-state index is 6.05. The van der Waals surface area contributed by atoms with Crippen LogP contribution in [0.5, 0.6) is 5.75 Å². The second-order valence-electron chi connectivity index (χ2n) is 6.42. The molecule has 0 unspecified atom stereocenters. The van der Waals surface area contributed by atoms with Gasteiger partial charge in [0.05, 0.1) is 17.6 Å². The molecule has 2 aromatic carbocycles. The summed E-state index contributed by atoms with van der Waals surface area (Å²) in [4.78, 5) is 4.73. The highest BCUT2D eigenvalue weighted by Gasteiger charge is 2.09. The van der Waals surface area contributed by atoms with Crippen molar-refractivity contribution in [3.05, 3.63) is 59.9 Å². The Labute approximate surface area is 144 Å². The van der Waals surface area contributed by atoms with Crippen molar-refractivity contribution in [2.45, 2.75) is 46.1 Å². The SMILES string of the molecule is CCc1nc2ccccc2n1CCCOc1ccccc1C(C)C. The van der Waals surface area contributed by atoms with Crippen molar-refractivity contribution in [3.8, 4) is 5.75 Å². The van der Waals surface area contributed by atoms with Crippen molar-refractivity contribution < 1.29 is 4.74 Å². The van der Waals surface area contributed by atoms with E-state index in [2.05, 4.69) is 61.7 Å². The van der Waals surface area contributed by atoms with Crippen LogP contribution in [0.4, 0.5) is 0 Å². The Balaban J connectivity index is 1.65. The summed E-state index contributed by atoms with van der Waals surface area (Å²) in [5.41, 5.74) is 3.58. The summed E-state index contributed by atoms with van der Waals surface area (Å²) in [5.74, 6) is 2.64. The quantitative estimate of drug-likeness (QED) is 0.560. The number of ether oxygens (including phenoxy) is 1. The van der Waals surface area contributed by atoms with Gasteiger partial charge in [-0.25, -0.2) is 4.98 Å². The van der Waals surface area contributed by atoms with Crippen LogP contribution in [0.15, 0.2) is 48.5 Å². The maximum absolute atomic E-state index is 6.05. The topological polar surface area (TPSA) is 27.1 Å². The van der Waals surface area contributed by atoms with Gasteiger partial charge in [0.1, 0.15) is 11.6 Å². The van der Waals surface area contributed by atoms with E-state index in [4.69, 9.17) is 9.72 Å². The first-order valence-electron chi connectivity index (χ1n) is 8.86. The molecule has 3 nitrogen and oxygen atoms in total. The second-order valence-corrected chi connectivity index (χ2v) is 6.42. The Morgan fingerprint density at radius 3 is 2.58 bits per heavy atom. The van der Waals surface area contributed by atoms with E-state index in [1.165, 1.54) is 11.1 Å². The third kappa shape index (κ3) is 3.45. The highest BCUT2D eigenvalue weighted by Crippen LogP contribution is 2.26. The molecule has 0 bridgehead atoms. The zero-order valence-electron chi connectivity index (χ0n) is 14.8. The Kier molecular flexibility index (Phi) is 5.19. The molecule has 3 aromatic rings. The molecule has 0 saturated heterocycles. The second kappa shape index (κ2) is 7.52. The molecular formula is C21H26N2O. The van der Waals surface area contributed by atoms with Gasteiger partial charge in [-0.2, -0.15) is 0 Å². The van der Waals surface area contributed by atoms with Crippen LogP contribution in [0.2, 0.25) is 0 Å². The number of hydrogen-bond acceptors (Lipinski definition) is 2. The molecule has 0 spiro atoms. The summed E-state index contributed by atoms with van der Waals surface area (Å²) in [7, 11) is 0. The van der Waals surface area contributed by atoms with E-state index in [1.807, 2.05) is 12.1 Å². The van der Waals surface area contributed by atoms with Gasteiger partial charge in [0.15, 0.2) is 0 Å². The van der Waals surface area contributed by atoms with Crippen molar-refractivity contribution in [2.24, 2.45) is 0 Å². The van der Waals surface area contributed by atoms with E-state index < -0.39 is 0 Å². The van der Waals surface area contributed by atoms with Crippen molar-refractivity contribution in [2.75, 3.05) is 6.61 Å². The summed E-state index contributed by atoms with van der Waals surface area (Å²) in [6.45, 7) is 8.22.